The van der Waals surface area contributed by atoms with Crippen molar-refractivity contribution in [3.8, 4) is 0 Å². The summed E-state index contributed by atoms with van der Waals surface area (Å²) < 4.78 is 0. The van der Waals surface area contributed by atoms with Crippen LogP contribution in [-0.4, -0.2) is 34.0 Å². The molecule has 10 heteroatoms. The zero-order chi connectivity index (χ0) is 15.4. The Hall–Kier alpha value is -2.32. The predicted octanol–water partition coefficient (Wildman–Crippen LogP) is 1.04. The highest BCUT2D eigenvalue weighted by molar-refractivity contribution is 6.46. The largest absolute Gasteiger partial charge is 0.474 e. The standard InChI is InChI=1S/C10H6Cl2N2O6/c11-3-1-2-4(13-7(15)9(17)18)6(5(3)12)14-8(16)10(19)20/h1-2H,(H,13,15)(H,14,16)(H,17,18)(H,19,20). The van der Waals surface area contributed by atoms with Crippen LogP contribution in [0.15, 0.2) is 12.1 Å². The highest BCUT2D eigenvalue weighted by Crippen LogP contribution is 2.36. The van der Waals surface area contributed by atoms with Crippen LogP contribution < -0.4 is 10.6 Å². The highest BCUT2D eigenvalue weighted by Gasteiger charge is 2.20. The molecule has 0 aliphatic carbocycles. The number of anilines is 2. The second kappa shape index (κ2) is 6.22. The van der Waals surface area contributed by atoms with Crippen LogP contribution in [0.5, 0.6) is 0 Å². The van der Waals surface area contributed by atoms with Crippen LogP contribution in [-0.2, 0) is 19.2 Å². The number of nitrogens with one attached hydrogen (secondary N) is 2. The van der Waals surface area contributed by atoms with Gasteiger partial charge in [0.15, 0.2) is 0 Å². The van der Waals surface area contributed by atoms with E-state index in [1.807, 2.05) is 10.6 Å². The molecule has 0 saturated carbocycles. The molecule has 0 aliphatic rings. The molecule has 0 atom stereocenters. The molecule has 8 nitrogen and oxygen atoms in total. The van der Waals surface area contributed by atoms with Crippen molar-refractivity contribution in [2.45, 2.75) is 0 Å². The molecule has 0 aliphatic heterocycles. The van der Waals surface area contributed by atoms with Crippen molar-refractivity contribution < 1.29 is 29.4 Å². The number of benzene rings is 1. The summed E-state index contributed by atoms with van der Waals surface area (Å²) in [5, 5.41) is 20.5. The van der Waals surface area contributed by atoms with E-state index in [0.29, 0.717) is 0 Å². The van der Waals surface area contributed by atoms with Crippen LogP contribution >= 0.6 is 23.2 Å². The molecule has 1 aromatic carbocycles. The molecule has 0 saturated heterocycles. The first-order chi connectivity index (χ1) is 9.23. The maximum absolute atomic E-state index is 11.1. The maximum Gasteiger partial charge on any atom is 0.394 e. The van der Waals surface area contributed by atoms with Crippen molar-refractivity contribution in [2.24, 2.45) is 0 Å². The Labute approximate surface area is 121 Å². The van der Waals surface area contributed by atoms with Gasteiger partial charge in [0.2, 0.25) is 0 Å². The maximum atomic E-state index is 11.1. The SMILES string of the molecule is O=C(O)C(=O)Nc1ccc(Cl)c(Cl)c1NC(=O)C(=O)O. The summed E-state index contributed by atoms with van der Waals surface area (Å²) in [6.07, 6.45) is 0. The molecule has 0 spiro atoms. The number of carboxylic acids is 2. The molecule has 1 rings (SSSR count). The fraction of sp³-hybridized carbons (Fsp3) is 0. The van der Waals surface area contributed by atoms with Crippen molar-refractivity contribution in [1.82, 2.24) is 0 Å². The van der Waals surface area contributed by atoms with E-state index in [1.54, 1.807) is 0 Å². The number of halogens is 2. The van der Waals surface area contributed by atoms with Gasteiger partial charge in [-0.25, -0.2) is 9.59 Å². The Morgan fingerprint density at radius 2 is 1.40 bits per heavy atom. The minimum Gasteiger partial charge on any atom is -0.474 e. The van der Waals surface area contributed by atoms with Gasteiger partial charge in [-0.1, -0.05) is 23.2 Å². The fourth-order valence-electron chi connectivity index (χ4n) is 1.12. The van der Waals surface area contributed by atoms with Crippen LogP contribution in [0.3, 0.4) is 0 Å². The van der Waals surface area contributed by atoms with Gasteiger partial charge in [0.1, 0.15) is 0 Å². The summed E-state index contributed by atoms with van der Waals surface area (Å²) in [4.78, 5) is 43.1. The van der Waals surface area contributed by atoms with Gasteiger partial charge in [-0.15, -0.1) is 0 Å². The lowest BCUT2D eigenvalue weighted by Crippen LogP contribution is -2.25. The van der Waals surface area contributed by atoms with Crippen LogP contribution in [0.25, 0.3) is 0 Å². The van der Waals surface area contributed by atoms with Gasteiger partial charge in [-0.2, -0.15) is 0 Å². The molecule has 4 N–H and O–H groups in total. The first kappa shape index (κ1) is 15.7. The summed E-state index contributed by atoms with van der Waals surface area (Å²) in [6, 6.07) is 2.39. The van der Waals surface area contributed by atoms with Crippen LogP contribution in [0.2, 0.25) is 10.0 Å². The Morgan fingerprint density at radius 1 is 0.900 bits per heavy atom. The molecule has 0 aromatic heterocycles. The molecular weight excluding hydrogens is 315 g/mol. The Kier molecular flexibility index (Phi) is 4.89. The molecular formula is C10H6Cl2N2O6. The average Bonchev–Trinajstić information content (AvgIpc) is 2.37. The molecule has 20 heavy (non-hydrogen) atoms. The first-order valence-electron chi connectivity index (χ1n) is 4.80. The zero-order valence-electron chi connectivity index (χ0n) is 9.44. The lowest BCUT2D eigenvalue weighted by Gasteiger charge is -2.12. The van der Waals surface area contributed by atoms with E-state index in [0.717, 1.165) is 6.07 Å². The number of hydrogen-bond donors (Lipinski definition) is 4. The van der Waals surface area contributed by atoms with Crippen molar-refractivity contribution >= 4 is 58.3 Å². The molecule has 2 amide bonds. The summed E-state index contributed by atoms with van der Waals surface area (Å²) >= 11 is 11.5. The molecule has 0 fully saturated rings. The number of hydrogen-bond acceptors (Lipinski definition) is 4. The van der Waals surface area contributed by atoms with Crippen LogP contribution in [0.1, 0.15) is 0 Å². The summed E-state index contributed by atoms with van der Waals surface area (Å²) in [7, 11) is 0. The fourth-order valence-corrected chi connectivity index (χ4v) is 1.49. The van der Waals surface area contributed by atoms with E-state index in [9.17, 15) is 19.2 Å². The normalized spacial score (nSPS) is 9.70. The number of aliphatic carboxylic acids is 2. The van der Waals surface area contributed by atoms with Gasteiger partial charge in [-0.05, 0) is 12.1 Å². The third-order valence-corrected chi connectivity index (χ3v) is 2.77. The molecule has 0 unspecified atom stereocenters. The Balaban J connectivity index is 3.21. The van der Waals surface area contributed by atoms with Crippen molar-refractivity contribution in [1.29, 1.82) is 0 Å². The summed E-state index contributed by atoms with van der Waals surface area (Å²) in [5.74, 6) is -6.39. The number of rotatable bonds is 2. The second-order valence-corrected chi connectivity index (χ2v) is 4.09. The smallest absolute Gasteiger partial charge is 0.394 e. The number of carbonyl (C=O) groups excluding carboxylic acids is 2. The van der Waals surface area contributed by atoms with E-state index < -0.39 is 23.8 Å². The Morgan fingerprint density at radius 3 is 1.90 bits per heavy atom. The third-order valence-electron chi connectivity index (χ3n) is 1.97. The van der Waals surface area contributed by atoms with Gasteiger partial charge in [0.05, 0.1) is 21.4 Å². The van der Waals surface area contributed by atoms with E-state index in [4.69, 9.17) is 33.4 Å². The molecule has 0 heterocycles. The number of carbonyl (C=O) groups is 4. The zero-order valence-corrected chi connectivity index (χ0v) is 10.9. The van der Waals surface area contributed by atoms with Crippen molar-refractivity contribution in [3.63, 3.8) is 0 Å². The highest BCUT2D eigenvalue weighted by atomic mass is 35.5. The van der Waals surface area contributed by atoms with Gasteiger partial charge in [-0.3, -0.25) is 9.59 Å². The van der Waals surface area contributed by atoms with E-state index in [2.05, 4.69) is 0 Å². The molecule has 0 radical (unpaired) electrons. The van der Waals surface area contributed by atoms with Gasteiger partial charge in [0.25, 0.3) is 0 Å². The molecule has 1 aromatic rings. The lowest BCUT2D eigenvalue weighted by atomic mass is 10.2. The van der Waals surface area contributed by atoms with Crippen LogP contribution in [0.4, 0.5) is 11.4 Å². The third kappa shape index (κ3) is 3.59. The van der Waals surface area contributed by atoms with E-state index in [-0.39, 0.29) is 21.4 Å². The summed E-state index contributed by atoms with van der Waals surface area (Å²) in [6.45, 7) is 0. The van der Waals surface area contributed by atoms with Crippen LogP contribution in [0, 0.1) is 0 Å². The number of carboxylic acid groups (broad SMARTS) is 2. The first-order valence-corrected chi connectivity index (χ1v) is 5.56. The van der Waals surface area contributed by atoms with Gasteiger partial charge < -0.3 is 20.8 Å². The monoisotopic (exact) mass is 320 g/mol. The minimum absolute atomic E-state index is 0.0271. The van der Waals surface area contributed by atoms with Crippen molar-refractivity contribution in [3.05, 3.63) is 22.2 Å². The summed E-state index contributed by atoms with van der Waals surface area (Å²) in [5.41, 5.74) is -0.525. The van der Waals surface area contributed by atoms with Crippen molar-refractivity contribution in [2.75, 3.05) is 10.6 Å². The topological polar surface area (TPSA) is 133 Å². The number of amides is 2. The molecule has 106 valence electrons. The minimum atomic E-state index is -1.79. The van der Waals surface area contributed by atoms with E-state index in [1.165, 1.54) is 6.07 Å². The van der Waals surface area contributed by atoms with Gasteiger partial charge >= 0.3 is 23.8 Å². The Bertz CT molecular complexity index is 616. The second-order valence-electron chi connectivity index (χ2n) is 3.30. The average molecular weight is 321 g/mol. The molecule has 0 bridgehead atoms. The predicted molar refractivity (Wildman–Crippen MR) is 69.0 cm³/mol. The quantitative estimate of drug-likeness (QED) is 0.602. The van der Waals surface area contributed by atoms with E-state index >= 15 is 0 Å². The lowest BCUT2D eigenvalue weighted by molar-refractivity contribution is -0.147. The van der Waals surface area contributed by atoms with Gasteiger partial charge in [0, 0.05) is 0 Å².